The molecule has 0 amide bonds. The van der Waals surface area contributed by atoms with Crippen LogP contribution in [0, 0.1) is 0 Å². The van der Waals surface area contributed by atoms with Crippen LogP contribution in [0.2, 0.25) is 5.02 Å². The van der Waals surface area contributed by atoms with E-state index < -0.39 is 0 Å². The predicted molar refractivity (Wildman–Crippen MR) is 55.3 cm³/mol. The third kappa shape index (κ3) is 4.35. The van der Waals surface area contributed by atoms with Gasteiger partial charge in [0.05, 0.1) is 0 Å². The van der Waals surface area contributed by atoms with Crippen molar-refractivity contribution in [3.05, 3.63) is 29.3 Å². The van der Waals surface area contributed by atoms with Crippen LogP contribution in [0.1, 0.15) is 0 Å². The zero-order valence-corrected chi connectivity index (χ0v) is 8.62. The molecule has 0 heterocycles. The highest BCUT2D eigenvalue weighted by molar-refractivity contribution is 7.27. The first-order valence-electron chi connectivity index (χ1n) is 2.30. The predicted octanol–water partition coefficient (Wildman–Crippen LogP) is 2.68. The van der Waals surface area contributed by atoms with Gasteiger partial charge >= 0.3 is 0 Å². The van der Waals surface area contributed by atoms with Crippen LogP contribution < -0.4 is 5.30 Å². The largest absolute Gasteiger partial charge is 0.147 e. The van der Waals surface area contributed by atoms with E-state index >= 15 is 0 Å². The van der Waals surface area contributed by atoms with Crippen LogP contribution in [0.5, 0.6) is 0 Å². The first kappa shape index (κ1) is 13.1. The summed E-state index contributed by atoms with van der Waals surface area (Å²) in [5, 5.41) is 1.95. The van der Waals surface area contributed by atoms with Crippen LogP contribution in [0.4, 0.5) is 0 Å². The molecule has 1 aromatic rings. The van der Waals surface area contributed by atoms with Crippen molar-refractivity contribution in [2.75, 3.05) is 0 Å². The topological polar surface area (TPSA) is 0 Å². The summed E-state index contributed by atoms with van der Waals surface area (Å²) in [6.45, 7) is 0. The monoisotopic (exact) mass is 216 g/mol. The van der Waals surface area contributed by atoms with E-state index in [1.165, 1.54) is 0 Å². The quantitative estimate of drug-likeness (QED) is 0.586. The van der Waals surface area contributed by atoms with Crippen LogP contribution in [0.3, 0.4) is 0 Å². The van der Waals surface area contributed by atoms with Crippen molar-refractivity contribution in [1.29, 1.82) is 0 Å². The molecule has 0 aliphatic rings. The van der Waals surface area contributed by atoms with Crippen LogP contribution in [-0.4, -0.2) is 0 Å². The molecule has 0 saturated heterocycles. The minimum absolute atomic E-state index is 0. The van der Waals surface area contributed by atoms with Crippen LogP contribution >= 0.6 is 45.7 Å². The Balaban J connectivity index is 0. The van der Waals surface area contributed by atoms with E-state index in [1.807, 2.05) is 24.3 Å². The normalized spacial score (nSPS) is 7.40. The molecular formula is C6H8Cl3P. The standard InChI is InChI=1S/C6H6ClP.2ClH/c7-5-1-3-6(8)4-2-5;;/h1-4H,8H2;2*1H. The summed E-state index contributed by atoms with van der Waals surface area (Å²) < 4.78 is 0. The van der Waals surface area contributed by atoms with Gasteiger partial charge in [-0.1, -0.05) is 23.7 Å². The molecule has 0 N–H and O–H groups in total. The van der Waals surface area contributed by atoms with E-state index in [-0.39, 0.29) is 24.8 Å². The summed E-state index contributed by atoms with van der Waals surface area (Å²) in [5.74, 6) is 0. The molecule has 0 fully saturated rings. The van der Waals surface area contributed by atoms with Gasteiger partial charge in [0.25, 0.3) is 0 Å². The minimum Gasteiger partial charge on any atom is -0.147 e. The molecule has 0 radical (unpaired) electrons. The Labute approximate surface area is 80.4 Å². The zero-order valence-electron chi connectivity index (χ0n) is 5.08. The first-order valence-corrected chi connectivity index (χ1v) is 3.25. The molecule has 0 aliphatic heterocycles. The fourth-order valence-electron chi connectivity index (χ4n) is 0.463. The van der Waals surface area contributed by atoms with Crippen molar-refractivity contribution < 1.29 is 0 Å². The maximum atomic E-state index is 5.60. The van der Waals surface area contributed by atoms with E-state index in [0.29, 0.717) is 0 Å². The van der Waals surface area contributed by atoms with Crippen molar-refractivity contribution in [2.24, 2.45) is 0 Å². The Bertz CT molecular complexity index is 152. The van der Waals surface area contributed by atoms with Crippen LogP contribution in [0.25, 0.3) is 0 Å². The molecule has 0 saturated carbocycles. The Morgan fingerprint density at radius 3 is 1.70 bits per heavy atom. The molecular weight excluding hydrogens is 209 g/mol. The molecule has 58 valence electrons. The number of benzene rings is 1. The van der Waals surface area contributed by atoms with Gasteiger partial charge in [-0.3, -0.25) is 0 Å². The summed E-state index contributed by atoms with van der Waals surface area (Å²) in [6.07, 6.45) is 0. The molecule has 0 nitrogen and oxygen atoms in total. The van der Waals surface area contributed by atoms with Gasteiger partial charge in [-0.25, -0.2) is 0 Å². The van der Waals surface area contributed by atoms with Crippen LogP contribution in [0.15, 0.2) is 24.3 Å². The fourth-order valence-corrected chi connectivity index (χ4v) is 0.781. The highest BCUT2D eigenvalue weighted by Gasteiger charge is 1.82. The van der Waals surface area contributed by atoms with Crippen LogP contribution in [-0.2, 0) is 0 Å². The van der Waals surface area contributed by atoms with Gasteiger partial charge in [0.2, 0.25) is 0 Å². The number of hydrogen-bond acceptors (Lipinski definition) is 0. The van der Waals surface area contributed by atoms with Gasteiger partial charge in [0.1, 0.15) is 0 Å². The molecule has 1 rings (SSSR count). The lowest BCUT2D eigenvalue weighted by Crippen LogP contribution is -1.84. The van der Waals surface area contributed by atoms with Crippen molar-refractivity contribution in [1.82, 2.24) is 0 Å². The second-order valence-electron chi connectivity index (χ2n) is 1.55. The molecule has 1 unspecified atom stereocenters. The molecule has 4 heteroatoms. The van der Waals surface area contributed by atoms with Gasteiger partial charge in [0.15, 0.2) is 0 Å². The molecule has 1 atom stereocenters. The molecule has 0 aromatic heterocycles. The van der Waals surface area contributed by atoms with Crippen molar-refractivity contribution in [3.63, 3.8) is 0 Å². The van der Waals surface area contributed by atoms with Gasteiger partial charge < -0.3 is 0 Å². The second kappa shape index (κ2) is 6.24. The third-order valence-corrected chi connectivity index (χ3v) is 1.51. The lowest BCUT2D eigenvalue weighted by atomic mass is 10.4. The van der Waals surface area contributed by atoms with Gasteiger partial charge in [0, 0.05) is 5.02 Å². The van der Waals surface area contributed by atoms with E-state index in [0.717, 1.165) is 10.3 Å². The molecule has 0 aliphatic carbocycles. The van der Waals surface area contributed by atoms with E-state index in [4.69, 9.17) is 11.6 Å². The van der Waals surface area contributed by atoms with Gasteiger partial charge in [-0.15, -0.1) is 34.1 Å². The molecule has 1 aromatic carbocycles. The number of hydrogen-bond donors (Lipinski definition) is 0. The Morgan fingerprint density at radius 1 is 1.00 bits per heavy atom. The maximum absolute atomic E-state index is 5.60. The summed E-state index contributed by atoms with van der Waals surface area (Å²) in [6, 6.07) is 7.63. The summed E-state index contributed by atoms with van der Waals surface area (Å²) in [4.78, 5) is 0. The highest BCUT2D eigenvalue weighted by Crippen LogP contribution is 2.04. The highest BCUT2D eigenvalue weighted by atomic mass is 35.5. The lowest BCUT2D eigenvalue weighted by molar-refractivity contribution is 1.77. The second-order valence-corrected chi connectivity index (χ2v) is 2.65. The third-order valence-electron chi connectivity index (χ3n) is 0.870. The number of rotatable bonds is 0. The van der Waals surface area contributed by atoms with Crippen molar-refractivity contribution in [3.8, 4) is 0 Å². The summed E-state index contributed by atoms with van der Waals surface area (Å²) in [7, 11) is 2.59. The van der Waals surface area contributed by atoms with Crippen molar-refractivity contribution >= 4 is 51.0 Å². The Morgan fingerprint density at radius 2 is 1.40 bits per heavy atom. The molecule has 10 heavy (non-hydrogen) atoms. The molecule has 0 bridgehead atoms. The summed E-state index contributed by atoms with van der Waals surface area (Å²) >= 11 is 5.60. The van der Waals surface area contributed by atoms with Gasteiger partial charge in [-0.05, 0) is 17.4 Å². The minimum atomic E-state index is 0. The smallest absolute Gasteiger partial charge is 0.0406 e. The SMILES string of the molecule is Cl.Cl.Pc1ccc(Cl)cc1. The Hall–Kier alpha value is 0.520. The average Bonchev–Trinajstić information content (AvgIpc) is 1.77. The first-order chi connectivity index (χ1) is 3.79. The van der Waals surface area contributed by atoms with Crippen molar-refractivity contribution in [2.45, 2.75) is 0 Å². The number of halogens is 3. The van der Waals surface area contributed by atoms with Gasteiger partial charge in [-0.2, -0.15) is 0 Å². The summed E-state index contributed by atoms with van der Waals surface area (Å²) in [5.41, 5.74) is 0. The average molecular weight is 217 g/mol. The lowest BCUT2D eigenvalue weighted by Gasteiger charge is -1.88. The van der Waals surface area contributed by atoms with E-state index in [1.54, 1.807) is 0 Å². The van der Waals surface area contributed by atoms with E-state index in [2.05, 4.69) is 9.24 Å². The molecule has 0 spiro atoms. The maximum Gasteiger partial charge on any atom is 0.0406 e. The fraction of sp³-hybridized carbons (Fsp3) is 0. The Kier molecular flexibility index (Phi) is 8.20. The zero-order chi connectivity index (χ0) is 5.98. The van der Waals surface area contributed by atoms with E-state index in [9.17, 15) is 0 Å².